The highest BCUT2D eigenvalue weighted by molar-refractivity contribution is 6.12. The molecule has 0 atom stereocenters. The number of hydrogen-bond donors (Lipinski definition) is 0. The quantitative estimate of drug-likeness (QED) is 0.212. The summed E-state index contributed by atoms with van der Waals surface area (Å²) in [5, 5.41) is 11.5. The van der Waals surface area contributed by atoms with Crippen LogP contribution in [0.25, 0.3) is 56.0 Å². The van der Waals surface area contributed by atoms with Gasteiger partial charge in [-0.1, -0.05) is 91.0 Å². The van der Waals surface area contributed by atoms with Crippen molar-refractivity contribution < 1.29 is 9.47 Å². The first-order valence-electron chi connectivity index (χ1n) is 14.5. The summed E-state index contributed by atoms with van der Waals surface area (Å²) in [5.74, 6) is 4.39. The third-order valence-electron chi connectivity index (χ3n) is 8.13. The lowest BCUT2D eigenvalue weighted by Gasteiger charge is -2.22. The topological polar surface area (TPSA) is 54.1 Å². The molecule has 44 heavy (non-hydrogen) atoms. The summed E-state index contributed by atoms with van der Waals surface area (Å²) in [6.45, 7) is 0. The van der Waals surface area contributed by atoms with Crippen LogP contribution in [0.15, 0.2) is 146 Å². The van der Waals surface area contributed by atoms with Gasteiger partial charge >= 0.3 is 0 Å². The molecule has 0 fully saturated rings. The molecular weight excluding hydrogens is 544 g/mol. The molecule has 1 aliphatic heterocycles. The molecule has 3 heterocycles. The normalized spacial score (nSPS) is 12.0. The summed E-state index contributed by atoms with van der Waals surface area (Å²) in [4.78, 5) is 0. The SMILES string of the molecule is c1ccc(-c2nnc(-c3ccccc3)n2-c2ccc(-n3c4ccccc4c4ccc5c(c43)Oc3ccccc3O5)cc2)cc1. The predicted octanol–water partition coefficient (Wildman–Crippen LogP) is 9.60. The molecule has 8 aromatic rings. The molecule has 6 nitrogen and oxygen atoms in total. The van der Waals surface area contributed by atoms with Gasteiger partial charge in [0.15, 0.2) is 34.6 Å². The van der Waals surface area contributed by atoms with Gasteiger partial charge < -0.3 is 14.0 Å². The zero-order valence-corrected chi connectivity index (χ0v) is 23.5. The predicted molar refractivity (Wildman–Crippen MR) is 173 cm³/mol. The van der Waals surface area contributed by atoms with E-state index in [1.54, 1.807) is 0 Å². The fourth-order valence-electron chi connectivity index (χ4n) is 6.13. The molecule has 0 saturated heterocycles. The first-order valence-corrected chi connectivity index (χ1v) is 14.5. The van der Waals surface area contributed by atoms with Crippen LogP contribution in [0.3, 0.4) is 0 Å². The molecule has 0 unspecified atom stereocenters. The second-order valence-electron chi connectivity index (χ2n) is 10.7. The van der Waals surface area contributed by atoms with Crippen molar-refractivity contribution in [3.8, 4) is 57.1 Å². The van der Waals surface area contributed by atoms with Gasteiger partial charge in [-0.3, -0.25) is 4.57 Å². The average molecular weight is 569 g/mol. The van der Waals surface area contributed by atoms with E-state index in [2.05, 4.69) is 98.2 Å². The van der Waals surface area contributed by atoms with Crippen molar-refractivity contribution in [2.24, 2.45) is 0 Å². The molecule has 0 aliphatic carbocycles. The van der Waals surface area contributed by atoms with E-state index >= 15 is 0 Å². The summed E-state index contributed by atoms with van der Waals surface area (Å²) in [5.41, 5.74) is 6.02. The minimum absolute atomic E-state index is 0.696. The molecule has 0 bridgehead atoms. The minimum atomic E-state index is 0.696. The molecule has 2 aromatic heterocycles. The summed E-state index contributed by atoms with van der Waals surface area (Å²) < 4.78 is 17.2. The lowest BCUT2D eigenvalue weighted by molar-refractivity contribution is 0.362. The van der Waals surface area contributed by atoms with Crippen molar-refractivity contribution in [1.29, 1.82) is 0 Å². The number of ether oxygens (including phenoxy) is 2. The lowest BCUT2D eigenvalue weighted by atomic mass is 10.1. The van der Waals surface area contributed by atoms with Crippen LogP contribution in [0, 0.1) is 0 Å². The third kappa shape index (κ3) is 3.75. The van der Waals surface area contributed by atoms with Crippen molar-refractivity contribution in [3.05, 3.63) is 146 Å². The van der Waals surface area contributed by atoms with Crippen LogP contribution in [-0.2, 0) is 0 Å². The second kappa shape index (κ2) is 9.71. The fraction of sp³-hybridized carbons (Fsp3) is 0. The Hall–Kier alpha value is -6.14. The van der Waals surface area contributed by atoms with Crippen molar-refractivity contribution in [2.45, 2.75) is 0 Å². The molecule has 9 rings (SSSR count). The molecule has 6 heteroatoms. The molecule has 0 saturated carbocycles. The summed E-state index contributed by atoms with van der Waals surface area (Å²) >= 11 is 0. The van der Waals surface area contributed by atoms with Crippen LogP contribution in [0.5, 0.6) is 23.0 Å². The van der Waals surface area contributed by atoms with E-state index in [1.807, 2.05) is 66.7 Å². The van der Waals surface area contributed by atoms with Crippen molar-refractivity contribution >= 4 is 21.8 Å². The van der Waals surface area contributed by atoms with Crippen LogP contribution >= 0.6 is 0 Å². The van der Waals surface area contributed by atoms with Crippen LogP contribution in [-0.4, -0.2) is 19.3 Å². The number of benzene rings is 6. The number of nitrogens with zero attached hydrogens (tertiary/aromatic N) is 4. The Kier molecular flexibility index (Phi) is 5.40. The molecule has 0 spiro atoms. The molecule has 0 amide bonds. The Bertz CT molecular complexity index is 2260. The monoisotopic (exact) mass is 568 g/mol. The Morgan fingerprint density at radius 1 is 0.409 bits per heavy atom. The molecule has 208 valence electrons. The molecule has 0 N–H and O–H groups in total. The maximum atomic E-state index is 6.53. The van der Waals surface area contributed by atoms with Crippen molar-refractivity contribution in [1.82, 2.24) is 19.3 Å². The first-order chi connectivity index (χ1) is 21.8. The zero-order chi connectivity index (χ0) is 29.0. The summed E-state index contributed by atoms with van der Waals surface area (Å²) in [6, 6.07) is 49.2. The van der Waals surface area contributed by atoms with Gasteiger partial charge in [0.2, 0.25) is 0 Å². The number of fused-ring (bicyclic) bond motifs is 6. The van der Waals surface area contributed by atoms with E-state index in [0.29, 0.717) is 23.0 Å². The molecular formula is C38H24N4O2. The van der Waals surface area contributed by atoms with Crippen molar-refractivity contribution in [3.63, 3.8) is 0 Å². The summed E-state index contributed by atoms with van der Waals surface area (Å²) in [6.07, 6.45) is 0. The number of aromatic nitrogens is 4. The minimum Gasteiger partial charge on any atom is -0.449 e. The van der Waals surface area contributed by atoms with E-state index in [0.717, 1.165) is 56.0 Å². The van der Waals surface area contributed by atoms with E-state index in [-0.39, 0.29) is 0 Å². The molecule has 0 radical (unpaired) electrons. The second-order valence-corrected chi connectivity index (χ2v) is 10.7. The van der Waals surface area contributed by atoms with E-state index in [4.69, 9.17) is 9.47 Å². The largest absolute Gasteiger partial charge is 0.449 e. The van der Waals surface area contributed by atoms with E-state index < -0.39 is 0 Å². The van der Waals surface area contributed by atoms with Crippen LogP contribution in [0.4, 0.5) is 0 Å². The lowest BCUT2D eigenvalue weighted by Crippen LogP contribution is -2.03. The summed E-state index contributed by atoms with van der Waals surface area (Å²) in [7, 11) is 0. The van der Waals surface area contributed by atoms with Gasteiger partial charge in [0.05, 0.1) is 5.52 Å². The van der Waals surface area contributed by atoms with Gasteiger partial charge in [-0.05, 0) is 54.6 Å². The maximum absolute atomic E-state index is 6.53. The van der Waals surface area contributed by atoms with Gasteiger partial charge in [0.25, 0.3) is 0 Å². The highest BCUT2D eigenvalue weighted by atomic mass is 16.6. The Labute approximate surface area is 253 Å². The Morgan fingerprint density at radius 3 is 1.61 bits per heavy atom. The highest BCUT2D eigenvalue weighted by Gasteiger charge is 2.25. The smallest absolute Gasteiger partial charge is 0.194 e. The van der Waals surface area contributed by atoms with E-state index in [1.165, 1.54) is 0 Å². The van der Waals surface area contributed by atoms with E-state index in [9.17, 15) is 0 Å². The van der Waals surface area contributed by atoms with Gasteiger partial charge in [0, 0.05) is 33.3 Å². The van der Waals surface area contributed by atoms with Crippen LogP contribution < -0.4 is 9.47 Å². The Morgan fingerprint density at radius 2 is 0.955 bits per heavy atom. The van der Waals surface area contributed by atoms with Gasteiger partial charge in [0.1, 0.15) is 5.52 Å². The molecule has 1 aliphatic rings. The zero-order valence-electron chi connectivity index (χ0n) is 23.5. The van der Waals surface area contributed by atoms with Gasteiger partial charge in [-0.15, -0.1) is 10.2 Å². The number of para-hydroxylation sites is 3. The number of hydrogen-bond acceptors (Lipinski definition) is 4. The maximum Gasteiger partial charge on any atom is 0.194 e. The highest BCUT2D eigenvalue weighted by Crippen LogP contribution is 2.50. The first kappa shape index (κ1) is 24.5. The van der Waals surface area contributed by atoms with Crippen LogP contribution in [0.1, 0.15) is 0 Å². The Balaban J connectivity index is 1.24. The van der Waals surface area contributed by atoms with Crippen LogP contribution in [0.2, 0.25) is 0 Å². The third-order valence-corrected chi connectivity index (χ3v) is 8.13. The standard InChI is InChI=1S/C38H24N4O2/c1-3-11-25(12-4-1)37-39-40-38(26-13-5-2-6-14-26)42(37)28-21-19-27(20-22-28)41-31-16-8-7-15-29(31)30-23-24-34-36(35(30)41)44-33-18-10-9-17-32(33)43-34/h1-24H. The average Bonchev–Trinajstić information content (AvgIpc) is 3.69. The molecule has 6 aromatic carbocycles. The van der Waals surface area contributed by atoms with Gasteiger partial charge in [-0.2, -0.15) is 0 Å². The number of rotatable bonds is 4. The fourth-order valence-corrected chi connectivity index (χ4v) is 6.13. The van der Waals surface area contributed by atoms with Crippen molar-refractivity contribution in [2.75, 3.05) is 0 Å². The van der Waals surface area contributed by atoms with Gasteiger partial charge in [-0.25, -0.2) is 0 Å².